The molecule has 2 N–H and O–H groups in total. The monoisotopic (exact) mass is 466 g/mol. The molecule has 0 radical (unpaired) electrons. The first kappa shape index (κ1) is 22.4. The molecule has 6 rings (SSSR count). The molecular formula is C27H38N4O3. The summed E-state index contributed by atoms with van der Waals surface area (Å²) in [5.74, 6) is 1.52. The normalized spacial score (nSPS) is 31.6. The Morgan fingerprint density at radius 2 is 1.91 bits per heavy atom. The van der Waals surface area contributed by atoms with Crippen LogP contribution in [0.25, 0.3) is 0 Å². The lowest BCUT2D eigenvalue weighted by molar-refractivity contribution is -0.149. The highest BCUT2D eigenvalue weighted by Crippen LogP contribution is 2.57. The molecule has 1 aromatic carbocycles. The van der Waals surface area contributed by atoms with Crippen molar-refractivity contribution >= 4 is 0 Å². The summed E-state index contributed by atoms with van der Waals surface area (Å²) in [5, 5.41) is 27.8. The van der Waals surface area contributed by atoms with Crippen molar-refractivity contribution in [3.8, 4) is 11.5 Å². The number of fused-ring (bicyclic) bond motifs is 1. The highest BCUT2D eigenvalue weighted by atomic mass is 16.5. The number of aromatic hydroxyl groups is 1. The van der Waals surface area contributed by atoms with E-state index in [0.29, 0.717) is 5.75 Å². The van der Waals surface area contributed by atoms with Crippen LogP contribution < -0.4 is 4.74 Å². The summed E-state index contributed by atoms with van der Waals surface area (Å²) < 4.78 is 7.49. The van der Waals surface area contributed by atoms with E-state index in [1.54, 1.807) is 7.11 Å². The van der Waals surface area contributed by atoms with Crippen LogP contribution in [0.15, 0.2) is 24.5 Å². The number of nitrogens with zero attached hydrogens (tertiary/aromatic N) is 4. The number of aryl methyl sites for hydroxylation is 1. The third-order valence-corrected chi connectivity index (χ3v) is 9.24. The number of likely N-dealkylation sites (tertiary alicyclic amines) is 2. The zero-order valence-electron chi connectivity index (χ0n) is 20.5. The summed E-state index contributed by atoms with van der Waals surface area (Å²) in [5.41, 5.74) is 2.47. The molecule has 4 aliphatic rings. The number of hydrogen-bond acceptors (Lipinski definition) is 6. The quantitative estimate of drug-likeness (QED) is 0.682. The topological polar surface area (TPSA) is 74.0 Å². The van der Waals surface area contributed by atoms with Gasteiger partial charge in [-0.1, -0.05) is 0 Å². The molecule has 34 heavy (non-hydrogen) atoms. The molecule has 1 unspecified atom stereocenters. The Morgan fingerprint density at radius 3 is 2.65 bits per heavy atom. The molecule has 3 atom stereocenters. The first-order valence-electron chi connectivity index (χ1n) is 13.0. The highest BCUT2D eigenvalue weighted by molar-refractivity contribution is 5.53. The van der Waals surface area contributed by atoms with Crippen molar-refractivity contribution in [1.29, 1.82) is 0 Å². The van der Waals surface area contributed by atoms with Gasteiger partial charge < -0.3 is 19.8 Å². The summed E-state index contributed by atoms with van der Waals surface area (Å²) in [7, 11) is 1.61. The number of piperidine rings is 1. The summed E-state index contributed by atoms with van der Waals surface area (Å²) in [6.45, 7) is 7.85. The van der Waals surface area contributed by atoms with E-state index in [2.05, 4.69) is 28.0 Å². The van der Waals surface area contributed by atoms with Gasteiger partial charge in [-0.25, -0.2) is 0 Å². The molecule has 1 saturated carbocycles. The van der Waals surface area contributed by atoms with Crippen molar-refractivity contribution in [3.05, 3.63) is 41.2 Å². The number of benzene rings is 1. The summed E-state index contributed by atoms with van der Waals surface area (Å²) >= 11 is 0. The van der Waals surface area contributed by atoms with Crippen molar-refractivity contribution in [2.24, 2.45) is 5.92 Å². The number of aliphatic hydroxyl groups is 1. The SMILES string of the molecule is COc1cc2c(cc1O)[C@@]13CCN(CCn4cc(C)cn4)CC[C@@]1(O)C(C2)N(CC1CC1)CC3. The Labute approximate surface area is 202 Å². The van der Waals surface area contributed by atoms with E-state index in [4.69, 9.17) is 4.74 Å². The third kappa shape index (κ3) is 3.55. The number of methoxy groups -OCH3 is 1. The summed E-state index contributed by atoms with van der Waals surface area (Å²) in [6, 6.07) is 4.06. The zero-order valence-corrected chi connectivity index (χ0v) is 20.5. The number of aromatic nitrogens is 2. The largest absolute Gasteiger partial charge is 0.504 e. The minimum atomic E-state index is -0.787. The Hall–Kier alpha value is -2.09. The molecule has 2 aliphatic heterocycles. The Balaban J connectivity index is 1.33. The van der Waals surface area contributed by atoms with Crippen LogP contribution in [-0.2, 0) is 18.4 Å². The second kappa shape index (κ2) is 8.25. The maximum atomic E-state index is 12.6. The molecule has 2 aliphatic carbocycles. The average Bonchev–Trinajstić information content (AvgIpc) is 3.57. The van der Waals surface area contributed by atoms with E-state index < -0.39 is 5.60 Å². The van der Waals surface area contributed by atoms with Crippen molar-refractivity contribution in [1.82, 2.24) is 19.6 Å². The van der Waals surface area contributed by atoms with E-state index in [0.717, 1.165) is 76.4 Å². The third-order valence-electron chi connectivity index (χ3n) is 9.24. The molecule has 7 heteroatoms. The predicted octanol–water partition coefficient (Wildman–Crippen LogP) is 2.71. The molecule has 2 saturated heterocycles. The predicted molar refractivity (Wildman–Crippen MR) is 130 cm³/mol. The van der Waals surface area contributed by atoms with Gasteiger partial charge in [0.2, 0.25) is 0 Å². The van der Waals surface area contributed by atoms with Crippen LogP contribution in [0.1, 0.15) is 48.8 Å². The number of ether oxygens (including phenoxy) is 1. The molecule has 2 aromatic rings. The van der Waals surface area contributed by atoms with Gasteiger partial charge >= 0.3 is 0 Å². The second-order valence-corrected chi connectivity index (χ2v) is 11.2. The molecule has 1 aromatic heterocycles. The van der Waals surface area contributed by atoms with Crippen molar-refractivity contribution in [2.45, 2.75) is 69.1 Å². The van der Waals surface area contributed by atoms with E-state index in [1.807, 2.05) is 23.0 Å². The summed E-state index contributed by atoms with van der Waals surface area (Å²) in [4.78, 5) is 5.10. The second-order valence-electron chi connectivity index (χ2n) is 11.2. The van der Waals surface area contributed by atoms with Gasteiger partial charge in [-0.05, 0) is 93.3 Å². The molecule has 0 amide bonds. The minimum absolute atomic E-state index is 0.123. The fourth-order valence-corrected chi connectivity index (χ4v) is 7.17. The van der Waals surface area contributed by atoms with Crippen molar-refractivity contribution in [3.63, 3.8) is 0 Å². The van der Waals surface area contributed by atoms with Gasteiger partial charge in [0.05, 0.1) is 25.5 Å². The van der Waals surface area contributed by atoms with Crippen LogP contribution in [-0.4, -0.2) is 81.3 Å². The van der Waals surface area contributed by atoms with E-state index >= 15 is 0 Å². The molecule has 184 valence electrons. The van der Waals surface area contributed by atoms with Crippen LogP contribution in [0.2, 0.25) is 0 Å². The van der Waals surface area contributed by atoms with Gasteiger partial charge in [-0.3, -0.25) is 9.58 Å². The van der Waals surface area contributed by atoms with Gasteiger partial charge in [0, 0.05) is 37.3 Å². The number of rotatable bonds is 6. The van der Waals surface area contributed by atoms with Crippen LogP contribution in [0.4, 0.5) is 0 Å². The first-order valence-corrected chi connectivity index (χ1v) is 13.0. The van der Waals surface area contributed by atoms with Gasteiger partial charge in [-0.15, -0.1) is 0 Å². The van der Waals surface area contributed by atoms with E-state index in [9.17, 15) is 10.2 Å². The minimum Gasteiger partial charge on any atom is -0.504 e. The van der Waals surface area contributed by atoms with Crippen molar-refractivity contribution < 1.29 is 14.9 Å². The number of phenols is 1. The Bertz CT molecular complexity index is 1070. The maximum Gasteiger partial charge on any atom is 0.160 e. The molecule has 3 heterocycles. The standard InChI is InChI=1S/C27H38N4O3/c1-19-16-28-31(17-19)12-11-29-8-5-26-6-10-30(18-20-3-4-20)25(27(26,33)7-9-29)14-21-13-24(34-2)23(32)15-22(21)26/h13,15-17,20,25,32-33H,3-12,14,18H2,1-2H3/t25?,26-,27+/m0/s1. The zero-order chi connectivity index (χ0) is 23.5. The van der Waals surface area contributed by atoms with Gasteiger partial charge in [-0.2, -0.15) is 5.10 Å². The van der Waals surface area contributed by atoms with Gasteiger partial charge in [0.1, 0.15) is 0 Å². The lowest BCUT2D eigenvalue weighted by Crippen LogP contribution is -2.71. The van der Waals surface area contributed by atoms with Gasteiger partial charge in [0.25, 0.3) is 0 Å². The highest BCUT2D eigenvalue weighted by Gasteiger charge is 2.63. The lowest BCUT2D eigenvalue weighted by atomic mass is 9.52. The number of phenolic OH excluding ortho intramolecular Hbond substituents is 1. The van der Waals surface area contributed by atoms with Gasteiger partial charge in [0.15, 0.2) is 11.5 Å². The van der Waals surface area contributed by atoms with Crippen LogP contribution >= 0.6 is 0 Å². The van der Waals surface area contributed by atoms with Crippen LogP contribution in [0.3, 0.4) is 0 Å². The van der Waals surface area contributed by atoms with Crippen molar-refractivity contribution in [2.75, 3.05) is 39.8 Å². The van der Waals surface area contributed by atoms with E-state index in [-0.39, 0.29) is 17.2 Å². The summed E-state index contributed by atoms with van der Waals surface area (Å²) in [6.07, 6.45) is 10.1. The molecule has 7 nitrogen and oxygen atoms in total. The Morgan fingerprint density at radius 1 is 1.12 bits per heavy atom. The number of hydrogen-bond donors (Lipinski definition) is 2. The molecular weight excluding hydrogens is 428 g/mol. The average molecular weight is 467 g/mol. The fourth-order valence-electron chi connectivity index (χ4n) is 7.17. The fraction of sp³-hybridized carbons (Fsp3) is 0.667. The lowest BCUT2D eigenvalue weighted by Gasteiger charge is -2.61. The molecule has 2 bridgehead atoms. The Kier molecular flexibility index (Phi) is 5.43. The molecule has 3 fully saturated rings. The molecule has 0 spiro atoms. The smallest absolute Gasteiger partial charge is 0.160 e. The maximum absolute atomic E-state index is 12.6. The van der Waals surface area contributed by atoms with Crippen LogP contribution in [0.5, 0.6) is 11.5 Å². The van der Waals surface area contributed by atoms with E-state index in [1.165, 1.54) is 24.0 Å². The van der Waals surface area contributed by atoms with Crippen LogP contribution in [0, 0.1) is 12.8 Å². The first-order chi connectivity index (χ1) is 16.4.